The standard InChI is InChI=1S/C24H42N4O8.C18H12F10/c1-9-17(4)27-35-21(31)25-12-14-33-19(29)23(6,7)16-24(8,11-3)20(30)34-15-13-26-22(32)36-28-18(5)10-2;1-3-6(8-11(21)15(25)18(28)16(26)12(8)22)4-5(2)7-9(19)13(23)17(27)14(24)10(7)20/h9-16H2,1-8H3,(H,25,31)(H,26,32);5-6H,3-4H2,1-2H3. The molecule has 2 N–H and O–H groups in total. The molecule has 2 aromatic carbocycles. The van der Waals surface area contributed by atoms with Crippen LogP contribution in [-0.4, -0.2) is 61.9 Å². The fourth-order valence-corrected chi connectivity index (χ4v) is 5.85. The lowest BCUT2D eigenvalue weighted by atomic mass is 9.72. The number of rotatable bonds is 20. The summed E-state index contributed by atoms with van der Waals surface area (Å²) < 4.78 is 146. The molecule has 0 aliphatic rings. The minimum absolute atomic E-state index is 0.0488. The van der Waals surface area contributed by atoms with Gasteiger partial charge in [-0.15, -0.1) is 0 Å². The topological polar surface area (TPSA) is 154 Å². The number of carbonyl (C=O) groups excluding carboxylic acids is 4. The summed E-state index contributed by atoms with van der Waals surface area (Å²) in [6, 6.07) is 0. The molecule has 3 unspecified atom stereocenters. The van der Waals surface area contributed by atoms with Crippen LogP contribution in [0.4, 0.5) is 53.5 Å². The summed E-state index contributed by atoms with van der Waals surface area (Å²) in [4.78, 5) is 57.9. The first-order valence-electron chi connectivity index (χ1n) is 20.1. The molecule has 0 saturated carbocycles. The Kier molecular flexibility index (Phi) is 22.8. The highest BCUT2D eigenvalue weighted by molar-refractivity contribution is 5.82. The van der Waals surface area contributed by atoms with Gasteiger partial charge in [-0.3, -0.25) is 19.3 Å². The van der Waals surface area contributed by atoms with Gasteiger partial charge in [0.15, 0.2) is 46.5 Å². The Labute approximate surface area is 364 Å². The zero-order chi connectivity index (χ0) is 49.3. The third-order valence-electron chi connectivity index (χ3n) is 9.98. The Morgan fingerprint density at radius 2 is 0.938 bits per heavy atom. The van der Waals surface area contributed by atoms with Gasteiger partial charge in [-0.05, 0) is 85.0 Å². The van der Waals surface area contributed by atoms with E-state index >= 15 is 0 Å². The van der Waals surface area contributed by atoms with E-state index in [-0.39, 0.29) is 39.1 Å². The second-order valence-electron chi connectivity index (χ2n) is 15.4. The molecule has 0 aromatic heterocycles. The number of carbonyl (C=O) groups is 4. The molecule has 0 aliphatic heterocycles. The van der Waals surface area contributed by atoms with Crippen molar-refractivity contribution in [2.75, 3.05) is 26.3 Å². The van der Waals surface area contributed by atoms with Crippen LogP contribution in [0.15, 0.2) is 10.3 Å². The molecule has 2 rings (SSSR count). The summed E-state index contributed by atoms with van der Waals surface area (Å²) in [5.41, 5.74) is -3.06. The Bertz CT molecular complexity index is 1980. The number of benzene rings is 2. The summed E-state index contributed by atoms with van der Waals surface area (Å²) in [6.45, 7) is 16.4. The van der Waals surface area contributed by atoms with Gasteiger partial charge in [-0.2, -0.15) is 0 Å². The van der Waals surface area contributed by atoms with Gasteiger partial charge in [0.05, 0.1) is 35.3 Å². The van der Waals surface area contributed by atoms with Crippen LogP contribution in [-0.2, 0) is 28.7 Å². The minimum Gasteiger partial charge on any atom is -0.463 e. The van der Waals surface area contributed by atoms with E-state index in [1.54, 1.807) is 34.6 Å². The maximum atomic E-state index is 14.0. The van der Waals surface area contributed by atoms with Gasteiger partial charge in [-0.25, -0.2) is 53.5 Å². The van der Waals surface area contributed by atoms with Crippen LogP contribution in [0.25, 0.3) is 0 Å². The van der Waals surface area contributed by atoms with Gasteiger partial charge in [0, 0.05) is 11.1 Å². The monoisotopic (exact) mass is 932 g/mol. The lowest BCUT2D eigenvalue weighted by Gasteiger charge is -2.33. The van der Waals surface area contributed by atoms with Crippen molar-refractivity contribution >= 4 is 35.5 Å². The number of esters is 2. The fraction of sp³-hybridized carbons (Fsp3) is 0.571. The summed E-state index contributed by atoms with van der Waals surface area (Å²) in [6.07, 6.45) is -0.457. The van der Waals surface area contributed by atoms with Crippen molar-refractivity contribution in [3.05, 3.63) is 69.3 Å². The molecule has 2 amide bonds. The van der Waals surface area contributed by atoms with Gasteiger partial charge in [0.25, 0.3) is 0 Å². The number of nitrogens with one attached hydrogen (secondary N) is 2. The van der Waals surface area contributed by atoms with Crippen LogP contribution in [0, 0.1) is 69.0 Å². The smallest absolute Gasteiger partial charge is 0.433 e. The number of amides is 2. The molecule has 2 aromatic rings. The molecule has 0 bridgehead atoms. The number of nitrogens with zero attached hydrogens (tertiary/aromatic N) is 2. The normalized spacial score (nSPS) is 13.8. The summed E-state index contributed by atoms with van der Waals surface area (Å²) in [5.74, 6) is -26.0. The van der Waals surface area contributed by atoms with E-state index in [2.05, 4.69) is 30.6 Å². The number of halogens is 10. The number of ether oxygens (including phenoxy) is 2. The predicted molar refractivity (Wildman–Crippen MR) is 213 cm³/mol. The van der Waals surface area contributed by atoms with Crippen molar-refractivity contribution in [3.63, 3.8) is 0 Å². The van der Waals surface area contributed by atoms with E-state index in [0.717, 1.165) is 6.92 Å². The number of hydrogen-bond acceptors (Lipinski definition) is 10. The molecule has 360 valence electrons. The molecule has 0 spiro atoms. The molecular weight excluding hydrogens is 878 g/mol. The quantitative estimate of drug-likeness (QED) is 0.0194. The van der Waals surface area contributed by atoms with E-state index in [1.807, 2.05) is 20.8 Å². The van der Waals surface area contributed by atoms with E-state index in [9.17, 15) is 63.1 Å². The zero-order valence-corrected chi connectivity index (χ0v) is 37.2. The number of hydrogen-bond donors (Lipinski definition) is 2. The minimum atomic E-state index is -2.38. The van der Waals surface area contributed by atoms with Crippen LogP contribution >= 0.6 is 0 Å². The van der Waals surface area contributed by atoms with Gasteiger partial charge in [-0.1, -0.05) is 44.9 Å². The first kappa shape index (κ1) is 56.6. The average Bonchev–Trinajstić information content (AvgIpc) is 3.26. The molecule has 0 saturated heterocycles. The average molecular weight is 933 g/mol. The highest BCUT2D eigenvalue weighted by Gasteiger charge is 2.43. The van der Waals surface area contributed by atoms with Crippen LogP contribution in [0.1, 0.15) is 131 Å². The van der Waals surface area contributed by atoms with Crippen LogP contribution in [0.5, 0.6) is 0 Å². The van der Waals surface area contributed by atoms with Crippen LogP contribution in [0.3, 0.4) is 0 Å². The molecule has 12 nitrogen and oxygen atoms in total. The molecule has 3 atom stereocenters. The molecule has 0 heterocycles. The molecule has 64 heavy (non-hydrogen) atoms. The fourth-order valence-electron chi connectivity index (χ4n) is 5.85. The zero-order valence-electron chi connectivity index (χ0n) is 37.2. The predicted octanol–water partition coefficient (Wildman–Crippen LogP) is 10.7. The summed E-state index contributed by atoms with van der Waals surface area (Å²) in [7, 11) is 0. The third kappa shape index (κ3) is 15.7. The van der Waals surface area contributed by atoms with E-state index in [1.165, 1.54) is 6.92 Å². The van der Waals surface area contributed by atoms with Crippen molar-refractivity contribution in [2.45, 2.75) is 120 Å². The lowest BCUT2D eigenvalue weighted by molar-refractivity contribution is -0.163. The second-order valence-corrected chi connectivity index (χ2v) is 15.4. The molecule has 0 aliphatic carbocycles. The van der Waals surface area contributed by atoms with Gasteiger partial charge in [0.1, 0.15) is 13.2 Å². The highest BCUT2D eigenvalue weighted by Crippen LogP contribution is 2.40. The highest BCUT2D eigenvalue weighted by atomic mass is 19.2. The third-order valence-corrected chi connectivity index (χ3v) is 9.98. The van der Waals surface area contributed by atoms with Crippen molar-refractivity contribution in [1.82, 2.24) is 10.6 Å². The molecule has 0 fully saturated rings. The van der Waals surface area contributed by atoms with Crippen molar-refractivity contribution in [3.8, 4) is 0 Å². The Balaban J connectivity index is 0.000000658. The van der Waals surface area contributed by atoms with Crippen molar-refractivity contribution in [1.29, 1.82) is 0 Å². The van der Waals surface area contributed by atoms with Crippen LogP contribution in [0.2, 0.25) is 0 Å². The summed E-state index contributed by atoms with van der Waals surface area (Å²) in [5, 5.41) is 12.2. The Morgan fingerprint density at radius 3 is 1.30 bits per heavy atom. The largest absolute Gasteiger partial charge is 0.463 e. The van der Waals surface area contributed by atoms with Crippen LogP contribution < -0.4 is 10.6 Å². The van der Waals surface area contributed by atoms with E-state index in [4.69, 9.17) is 9.47 Å². The molecular formula is C42H54F10N4O8. The van der Waals surface area contributed by atoms with Crippen molar-refractivity contribution < 1.29 is 82.2 Å². The second kappa shape index (κ2) is 25.8. The molecule has 22 heteroatoms. The van der Waals surface area contributed by atoms with E-state index < -0.39 is 123 Å². The summed E-state index contributed by atoms with van der Waals surface area (Å²) >= 11 is 0. The SMILES string of the molecule is CCC(C)=NOC(=O)NCCOC(=O)C(C)(C)CC(C)(CC)C(=O)OCCNC(=O)ON=C(C)CC.CCC(CC(C)c1c(F)c(F)c(F)c(F)c1F)c1c(F)c(F)c(F)c(F)c1F. The van der Waals surface area contributed by atoms with Crippen molar-refractivity contribution in [2.24, 2.45) is 21.1 Å². The maximum Gasteiger partial charge on any atom is 0.433 e. The van der Waals surface area contributed by atoms with Gasteiger partial charge < -0.3 is 20.1 Å². The maximum absolute atomic E-state index is 14.0. The van der Waals surface area contributed by atoms with Gasteiger partial charge in [0.2, 0.25) is 11.6 Å². The molecule has 0 radical (unpaired) electrons. The first-order valence-corrected chi connectivity index (χ1v) is 20.1. The Hall–Kier alpha value is -5.44. The lowest BCUT2D eigenvalue weighted by Crippen LogP contribution is -2.40. The number of oxime groups is 2. The Morgan fingerprint density at radius 1 is 0.578 bits per heavy atom. The first-order chi connectivity index (χ1) is 29.8. The van der Waals surface area contributed by atoms with Gasteiger partial charge >= 0.3 is 24.1 Å². The van der Waals surface area contributed by atoms with E-state index in [0.29, 0.717) is 30.7 Å².